The third-order valence-corrected chi connectivity index (χ3v) is 8.58. The predicted molar refractivity (Wildman–Crippen MR) is 110 cm³/mol. The van der Waals surface area contributed by atoms with Crippen LogP contribution in [0.15, 0.2) is 24.3 Å². The molecule has 6 heteroatoms. The van der Waals surface area contributed by atoms with Gasteiger partial charge in [0.05, 0.1) is 19.7 Å². The largest absolute Gasteiger partial charge is 0.508 e. The monoisotopic (exact) mass is 416 g/mol. The molecular weight excluding hydrogens is 382 g/mol. The standard InChI is InChI=1S/C24H33NO5/c1-14-5-4-10-23(2)11-19-20(21-24(14,23)30-21)17(22(28)29-19)12-25(3)13-18(27)15-6-8-16(26)9-7-15/h6-9,14,17-21,26-27H,4-5,10-13H2,1-3H3/p+1/t14-,17+,18-,19-,20-,21+,23-,24+/m1/s1. The van der Waals surface area contributed by atoms with E-state index in [9.17, 15) is 15.0 Å². The lowest BCUT2D eigenvalue weighted by molar-refractivity contribution is -0.886. The molecule has 0 radical (unpaired) electrons. The number of carbonyl (C=O) groups is 1. The Bertz CT molecular complexity index is 827. The fraction of sp³-hybridized carbons (Fsp3) is 0.708. The SMILES string of the molecule is C[C@@H]1CCC[C@]2(C)C[C@H]3OC(=O)[C@@H](C[NH+](C)C[C@@H](O)c4ccc(O)cc4)[C@H]3[C@@H]3O[C@@]132. The van der Waals surface area contributed by atoms with Crippen molar-refractivity contribution in [1.82, 2.24) is 0 Å². The molecule has 1 aromatic carbocycles. The predicted octanol–water partition coefficient (Wildman–Crippen LogP) is 1.47. The van der Waals surface area contributed by atoms with Gasteiger partial charge in [0.15, 0.2) is 0 Å². The van der Waals surface area contributed by atoms with Gasteiger partial charge in [-0.2, -0.15) is 0 Å². The number of aliphatic hydroxyl groups excluding tert-OH is 1. The number of hydrogen-bond acceptors (Lipinski definition) is 5. The molecule has 1 aromatic rings. The van der Waals surface area contributed by atoms with Crippen molar-refractivity contribution in [3.8, 4) is 5.75 Å². The molecule has 1 spiro atoms. The Hall–Kier alpha value is -1.63. The number of fused-ring (bicyclic) bond motifs is 2. The molecule has 4 fully saturated rings. The molecule has 2 saturated carbocycles. The topological polar surface area (TPSA) is 83.7 Å². The molecule has 2 aliphatic heterocycles. The summed E-state index contributed by atoms with van der Waals surface area (Å²) in [5.41, 5.74) is 0.811. The number of quaternary nitrogens is 1. The molecule has 2 saturated heterocycles. The van der Waals surface area contributed by atoms with Gasteiger partial charge < -0.3 is 24.6 Å². The Morgan fingerprint density at radius 3 is 2.77 bits per heavy atom. The number of benzene rings is 1. The summed E-state index contributed by atoms with van der Waals surface area (Å²) in [6.45, 7) is 5.79. The van der Waals surface area contributed by atoms with E-state index in [0.29, 0.717) is 19.0 Å². The van der Waals surface area contributed by atoms with E-state index in [1.165, 1.54) is 12.8 Å². The Morgan fingerprint density at radius 2 is 2.03 bits per heavy atom. The van der Waals surface area contributed by atoms with Crippen molar-refractivity contribution in [2.75, 3.05) is 20.1 Å². The number of phenols is 1. The van der Waals surface area contributed by atoms with Crippen LogP contribution in [0.4, 0.5) is 0 Å². The lowest BCUT2D eigenvalue weighted by Gasteiger charge is -2.48. The van der Waals surface area contributed by atoms with Gasteiger partial charge in [-0.25, -0.2) is 0 Å². The first kappa shape index (κ1) is 20.3. The van der Waals surface area contributed by atoms with Crippen molar-refractivity contribution in [2.45, 2.75) is 63.4 Å². The molecule has 0 aromatic heterocycles. The first-order valence-corrected chi connectivity index (χ1v) is 11.4. The number of phenolic OH excluding ortho intramolecular Hbond substituents is 1. The van der Waals surface area contributed by atoms with Crippen LogP contribution in [0, 0.1) is 23.2 Å². The third kappa shape index (κ3) is 2.91. The summed E-state index contributed by atoms with van der Waals surface area (Å²) in [7, 11) is 2.02. The zero-order valence-electron chi connectivity index (χ0n) is 18.1. The highest BCUT2D eigenvalue weighted by atomic mass is 16.6. The van der Waals surface area contributed by atoms with Crippen molar-refractivity contribution < 1.29 is 29.4 Å². The van der Waals surface area contributed by atoms with Crippen molar-refractivity contribution in [3.05, 3.63) is 29.8 Å². The molecule has 0 bridgehead atoms. The minimum atomic E-state index is -0.643. The summed E-state index contributed by atoms with van der Waals surface area (Å²) >= 11 is 0. The lowest BCUT2D eigenvalue weighted by Crippen LogP contribution is -3.10. The summed E-state index contributed by atoms with van der Waals surface area (Å²) in [6, 6.07) is 6.64. The molecule has 2 aliphatic carbocycles. The minimum absolute atomic E-state index is 0.0340. The van der Waals surface area contributed by atoms with Crippen LogP contribution in [0.3, 0.4) is 0 Å². The molecule has 9 atom stereocenters. The van der Waals surface area contributed by atoms with Gasteiger partial charge in [-0.3, -0.25) is 4.79 Å². The fourth-order valence-corrected chi connectivity index (χ4v) is 7.07. The van der Waals surface area contributed by atoms with E-state index in [1.54, 1.807) is 24.3 Å². The molecule has 3 N–H and O–H groups in total. The maximum absolute atomic E-state index is 12.8. The van der Waals surface area contributed by atoms with Crippen LogP contribution in [-0.2, 0) is 14.3 Å². The number of epoxide rings is 1. The van der Waals surface area contributed by atoms with Gasteiger partial charge in [0, 0.05) is 11.3 Å². The van der Waals surface area contributed by atoms with Crippen molar-refractivity contribution >= 4 is 5.97 Å². The second-order valence-corrected chi connectivity index (χ2v) is 10.5. The third-order valence-electron chi connectivity index (χ3n) is 8.58. The van der Waals surface area contributed by atoms with Crippen LogP contribution in [0.1, 0.15) is 51.2 Å². The van der Waals surface area contributed by atoms with Gasteiger partial charge in [-0.1, -0.05) is 32.4 Å². The highest BCUT2D eigenvalue weighted by Crippen LogP contribution is 2.70. The van der Waals surface area contributed by atoms with E-state index in [4.69, 9.17) is 9.47 Å². The van der Waals surface area contributed by atoms with Gasteiger partial charge >= 0.3 is 5.97 Å². The number of esters is 1. The number of likely N-dealkylation sites (N-methyl/N-ethyl adjacent to an activating group) is 1. The molecule has 1 unspecified atom stereocenters. The number of ether oxygens (including phenoxy) is 2. The Balaban J connectivity index is 1.29. The van der Waals surface area contributed by atoms with E-state index >= 15 is 0 Å². The molecule has 2 heterocycles. The molecule has 4 aliphatic rings. The number of carbonyl (C=O) groups excluding carboxylic acids is 1. The summed E-state index contributed by atoms with van der Waals surface area (Å²) < 4.78 is 12.4. The van der Waals surface area contributed by atoms with Crippen LogP contribution in [0.2, 0.25) is 0 Å². The average Bonchev–Trinajstić information content (AvgIpc) is 3.37. The second kappa shape index (κ2) is 6.94. The summed E-state index contributed by atoms with van der Waals surface area (Å²) in [5, 5.41) is 20.0. The van der Waals surface area contributed by atoms with E-state index in [0.717, 1.165) is 23.3 Å². The summed E-state index contributed by atoms with van der Waals surface area (Å²) in [4.78, 5) is 13.9. The number of aliphatic hydroxyl groups is 1. The molecule has 5 rings (SSSR count). The smallest absolute Gasteiger partial charge is 0.315 e. The number of aromatic hydroxyl groups is 1. The Morgan fingerprint density at radius 1 is 1.30 bits per heavy atom. The van der Waals surface area contributed by atoms with Gasteiger partial charge in [-0.15, -0.1) is 0 Å². The van der Waals surface area contributed by atoms with Crippen molar-refractivity contribution in [2.24, 2.45) is 23.2 Å². The van der Waals surface area contributed by atoms with Crippen LogP contribution in [0.5, 0.6) is 5.75 Å². The number of nitrogens with one attached hydrogen (secondary N) is 1. The quantitative estimate of drug-likeness (QED) is 0.500. The fourth-order valence-electron chi connectivity index (χ4n) is 7.07. The normalized spacial score (nSPS) is 43.7. The maximum Gasteiger partial charge on any atom is 0.315 e. The molecule has 6 nitrogen and oxygen atoms in total. The van der Waals surface area contributed by atoms with E-state index in [-0.39, 0.29) is 46.8 Å². The van der Waals surface area contributed by atoms with Gasteiger partial charge in [0.25, 0.3) is 0 Å². The van der Waals surface area contributed by atoms with Crippen LogP contribution in [0.25, 0.3) is 0 Å². The zero-order valence-corrected chi connectivity index (χ0v) is 18.1. The average molecular weight is 417 g/mol. The maximum atomic E-state index is 12.8. The van der Waals surface area contributed by atoms with E-state index in [2.05, 4.69) is 13.8 Å². The van der Waals surface area contributed by atoms with Gasteiger partial charge in [0.2, 0.25) is 0 Å². The van der Waals surface area contributed by atoms with Crippen LogP contribution >= 0.6 is 0 Å². The van der Waals surface area contributed by atoms with Crippen LogP contribution < -0.4 is 4.90 Å². The molecule has 30 heavy (non-hydrogen) atoms. The molecule has 0 amide bonds. The highest BCUT2D eigenvalue weighted by Gasteiger charge is 2.78. The highest BCUT2D eigenvalue weighted by molar-refractivity contribution is 5.76. The number of rotatable bonds is 5. The van der Waals surface area contributed by atoms with Crippen molar-refractivity contribution in [3.63, 3.8) is 0 Å². The Labute approximate surface area is 178 Å². The van der Waals surface area contributed by atoms with Crippen molar-refractivity contribution in [1.29, 1.82) is 0 Å². The first-order valence-electron chi connectivity index (χ1n) is 11.4. The summed E-state index contributed by atoms with van der Waals surface area (Å²) in [6.07, 6.45) is 3.95. The molecule has 164 valence electrons. The first-order chi connectivity index (χ1) is 14.2. The van der Waals surface area contributed by atoms with Gasteiger partial charge in [-0.05, 0) is 42.9 Å². The number of hydrogen-bond donors (Lipinski definition) is 3. The Kier molecular flexibility index (Phi) is 4.69. The minimum Gasteiger partial charge on any atom is -0.508 e. The second-order valence-electron chi connectivity index (χ2n) is 10.5. The lowest BCUT2D eigenvalue weighted by atomic mass is 9.53. The summed E-state index contributed by atoms with van der Waals surface area (Å²) in [5.74, 6) is 0.576. The molecular formula is C24H34NO5+. The van der Waals surface area contributed by atoms with E-state index in [1.807, 2.05) is 7.05 Å². The van der Waals surface area contributed by atoms with E-state index < -0.39 is 6.10 Å². The van der Waals surface area contributed by atoms with Crippen LogP contribution in [-0.4, -0.2) is 54.1 Å². The van der Waals surface area contributed by atoms with Gasteiger partial charge in [0.1, 0.15) is 36.0 Å². The zero-order chi connectivity index (χ0) is 21.3.